The molecule has 3 heterocycles. The number of rotatable bonds is 6. The van der Waals surface area contributed by atoms with Crippen LogP contribution in [-0.4, -0.2) is 4.98 Å². The molecule has 0 aliphatic rings. The molecule has 5 heteroatoms. The number of nitrogens with zero attached hydrogens (tertiary/aromatic N) is 2. The van der Waals surface area contributed by atoms with Gasteiger partial charge in [0.2, 0.25) is 0 Å². The van der Waals surface area contributed by atoms with Gasteiger partial charge in [-0.05, 0) is 89.0 Å². The maximum Gasteiger partial charge on any atom is 0.137 e. The molecule has 0 aliphatic carbocycles. The van der Waals surface area contributed by atoms with Gasteiger partial charge in [0.1, 0.15) is 27.3 Å². The van der Waals surface area contributed by atoms with Crippen molar-refractivity contribution < 1.29 is 8.83 Å². The Bertz CT molecular complexity index is 3140. The summed E-state index contributed by atoms with van der Waals surface area (Å²) in [5.74, 6) is 0. The van der Waals surface area contributed by atoms with Crippen molar-refractivity contribution in [1.29, 1.82) is 0 Å². The van der Waals surface area contributed by atoms with Crippen molar-refractivity contribution in [2.24, 2.45) is 0 Å². The molecule has 0 saturated carbocycles. The number of hydrogen-bond acceptors (Lipinski definition) is 5. The van der Waals surface area contributed by atoms with Gasteiger partial charge in [0.05, 0.1) is 15.6 Å². The summed E-state index contributed by atoms with van der Waals surface area (Å²) >= 11 is 1.71. The fourth-order valence-electron chi connectivity index (χ4n) is 7.77. The molecule has 254 valence electrons. The average molecular weight is 711 g/mol. The van der Waals surface area contributed by atoms with Crippen molar-refractivity contribution in [3.8, 4) is 32.8 Å². The van der Waals surface area contributed by atoms with Gasteiger partial charge in [0.15, 0.2) is 0 Å². The summed E-state index contributed by atoms with van der Waals surface area (Å²) in [7, 11) is 0. The highest BCUT2D eigenvalue weighted by molar-refractivity contribution is 7.21. The number of para-hydroxylation sites is 1. The molecule has 0 unspecified atom stereocenters. The molecule has 0 fully saturated rings. The van der Waals surface area contributed by atoms with Gasteiger partial charge in [-0.3, -0.25) is 0 Å². The van der Waals surface area contributed by atoms with E-state index in [0.717, 1.165) is 92.9 Å². The summed E-state index contributed by atoms with van der Waals surface area (Å²) in [6, 6.07) is 63.8. The van der Waals surface area contributed by atoms with Crippen LogP contribution >= 0.6 is 11.3 Å². The molecule has 0 bridgehead atoms. The van der Waals surface area contributed by atoms with Crippen molar-refractivity contribution >= 4 is 82.5 Å². The highest BCUT2D eigenvalue weighted by Gasteiger charge is 2.20. The number of fused-ring (bicyclic) bond motifs is 8. The van der Waals surface area contributed by atoms with Crippen molar-refractivity contribution in [3.63, 3.8) is 0 Å². The predicted molar refractivity (Wildman–Crippen MR) is 225 cm³/mol. The van der Waals surface area contributed by atoms with Crippen LogP contribution in [-0.2, 0) is 0 Å². The Kier molecular flexibility index (Phi) is 7.00. The molecule has 0 amide bonds. The zero-order valence-corrected chi connectivity index (χ0v) is 29.8. The van der Waals surface area contributed by atoms with Crippen molar-refractivity contribution in [2.75, 3.05) is 4.90 Å². The lowest BCUT2D eigenvalue weighted by molar-refractivity contribution is 0.668. The summed E-state index contributed by atoms with van der Waals surface area (Å²) in [6.07, 6.45) is 0. The Labute approximate surface area is 314 Å². The van der Waals surface area contributed by atoms with E-state index in [1.807, 2.05) is 24.3 Å². The number of benzene rings is 8. The Hall–Kier alpha value is -6.95. The molecule has 0 aliphatic heterocycles. The number of aromatic nitrogens is 1. The van der Waals surface area contributed by atoms with Crippen LogP contribution in [0.4, 0.5) is 17.1 Å². The Morgan fingerprint density at radius 3 is 1.74 bits per heavy atom. The van der Waals surface area contributed by atoms with E-state index in [1.54, 1.807) is 11.3 Å². The standard InChI is InChI=1S/C49H30N2O2S/c1-3-10-31(11-4-1)32-18-22-35(23-19-32)51(36-24-20-33(21-25-36)38-15-9-17-43-46(38)39-14-7-8-16-41(39)52-43)37-26-27-42-40(30-37)47-44(53-42)28-29-45-48(47)50-49(54-45)34-12-5-2-6-13-34/h1-30H. The highest BCUT2D eigenvalue weighted by atomic mass is 32.1. The number of hydrogen-bond donors (Lipinski definition) is 0. The van der Waals surface area contributed by atoms with Gasteiger partial charge in [-0.2, -0.15) is 0 Å². The van der Waals surface area contributed by atoms with Gasteiger partial charge in [-0.25, -0.2) is 4.98 Å². The first-order valence-corrected chi connectivity index (χ1v) is 18.8. The predicted octanol–water partition coefficient (Wildman–Crippen LogP) is 14.6. The van der Waals surface area contributed by atoms with Gasteiger partial charge in [0, 0.05) is 38.8 Å². The molecule has 4 nitrogen and oxygen atoms in total. The van der Waals surface area contributed by atoms with Crippen molar-refractivity contribution in [2.45, 2.75) is 0 Å². The molecule has 0 atom stereocenters. The van der Waals surface area contributed by atoms with Gasteiger partial charge in [0.25, 0.3) is 0 Å². The van der Waals surface area contributed by atoms with E-state index in [9.17, 15) is 0 Å². The Morgan fingerprint density at radius 1 is 0.407 bits per heavy atom. The molecule has 11 rings (SSSR count). The third-order valence-corrected chi connectivity index (χ3v) is 11.4. The van der Waals surface area contributed by atoms with E-state index in [4.69, 9.17) is 13.8 Å². The molecule has 3 aromatic heterocycles. The second-order valence-corrected chi connectivity index (χ2v) is 14.6. The van der Waals surface area contributed by atoms with Crippen LogP contribution < -0.4 is 4.90 Å². The first kappa shape index (κ1) is 30.7. The molecule has 54 heavy (non-hydrogen) atoms. The van der Waals surface area contributed by atoms with Crippen LogP contribution in [0.1, 0.15) is 0 Å². The molecule has 0 spiro atoms. The van der Waals surface area contributed by atoms with Crippen LogP contribution in [0, 0.1) is 0 Å². The first-order valence-electron chi connectivity index (χ1n) is 18.0. The monoisotopic (exact) mass is 710 g/mol. The molecule has 0 radical (unpaired) electrons. The van der Waals surface area contributed by atoms with Gasteiger partial charge in [-0.15, -0.1) is 11.3 Å². The largest absolute Gasteiger partial charge is 0.456 e. The second kappa shape index (κ2) is 12.3. The average Bonchev–Trinajstić information content (AvgIpc) is 3.95. The third kappa shape index (κ3) is 5.01. The summed E-state index contributed by atoms with van der Waals surface area (Å²) in [6.45, 7) is 0. The first-order chi connectivity index (χ1) is 26.7. The van der Waals surface area contributed by atoms with Gasteiger partial charge in [-0.1, -0.05) is 115 Å². The quantitative estimate of drug-likeness (QED) is 0.172. The maximum absolute atomic E-state index is 6.45. The maximum atomic E-state index is 6.45. The third-order valence-electron chi connectivity index (χ3n) is 10.3. The zero-order valence-electron chi connectivity index (χ0n) is 28.9. The minimum absolute atomic E-state index is 0.837. The summed E-state index contributed by atoms with van der Waals surface area (Å²) in [5, 5.41) is 5.34. The van der Waals surface area contributed by atoms with E-state index in [2.05, 4.69) is 163 Å². The number of anilines is 3. The lowest BCUT2D eigenvalue weighted by atomic mass is 9.99. The normalized spacial score (nSPS) is 11.7. The lowest BCUT2D eigenvalue weighted by Crippen LogP contribution is -2.09. The molecule has 8 aromatic carbocycles. The summed E-state index contributed by atoms with van der Waals surface area (Å²) in [5.41, 5.74) is 13.3. The molecule has 0 saturated heterocycles. The fourth-order valence-corrected chi connectivity index (χ4v) is 8.75. The van der Waals surface area contributed by atoms with E-state index in [1.165, 1.54) is 11.1 Å². The molecule has 0 N–H and O–H groups in total. The van der Waals surface area contributed by atoms with Crippen molar-refractivity contribution in [3.05, 3.63) is 182 Å². The SMILES string of the molecule is c1ccc(-c2ccc(N(c3ccc(-c4cccc5oc6ccccc6c45)cc3)c3ccc4oc5ccc6sc(-c7ccccc7)nc6c5c4c3)cc2)cc1. The Balaban J connectivity index is 1.07. The van der Waals surface area contributed by atoms with Crippen LogP contribution in [0.5, 0.6) is 0 Å². The van der Waals surface area contributed by atoms with Crippen molar-refractivity contribution in [1.82, 2.24) is 4.98 Å². The van der Waals surface area contributed by atoms with E-state index in [-0.39, 0.29) is 0 Å². The van der Waals surface area contributed by atoms with E-state index >= 15 is 0 Å². The van der Waals surface area contributed by atoms with Crippen LogP contribution in [0.3, 0.4) is 0 Å². The molecule has 11 aromatic rings. The lowest BCUT2D eigenvalue weighted by Gasteiger charge is -2.26. The number of thiazole rings is 1. The summed E-state index contributed by atoms with van der Waals surface area (Å²) in [4.78, 5) is 7.50. The number of furan rings is 2. The highest BCUT2D eigenvalue weighted by Crippen LogP contribution is 2.44. The van der Waals surface area contributed by atoms with Crippen LogP contribution in [0.2, 0.25) is 0 Å². The van der Waals surface area contributed by atoms with Gasteiger partial charge >= 0.3 is 0 Å². The topological polar surface area (TPSA) is 42.4 Å². The molecular weight excluding hydrogens is 681 g/mol. The van der Waals surface area contributed by atoms with Crippen LogP contribution in [0.25, 0.3) is 86.9 Å². The fraction of sp³-hybridized carbons (Fsp3) is 0. The van der Waals surface area contributed by atoms with E-state index in [0.29, 0.717) is 0 Å². The second-order valence-electron chi connectivity index (χ2n) is 13.5. The summed E-state index contributed by atoms with van der Waals surface area (Å²) < 4.78 is 13.8. The smallest absolute Gasteiger partial charge is 0.137 e. The van der Waals surface area contributed by atoms with Gasteiger partial charge < -0.3 is 13.7 Å². The zero-order chi connectivity index (χ0) is 35.6. The van der Waals surface area contributed by atoms with E-state index < -0.39 is 0 Å². The minimum Gasteiger partial charge on any atom is -0.456 e. The minimum atomic E-state index is 0.837. The Morgan fingerprint density at radius 2 is 0.981 bits per heavy atom. The molecular formula is C49H30N2O2S. The van der Waals surface area contributed by atoms with Crippen LogP contribution in [0.15, 0.2) is 191 Å².